The predicted octanol–water partition coefficient (Wildman–Crippen LogP) is 4.74. The average molecular weight is 455 g/mol. The Kier molecular flexibility index (Phi) is 6.33. The zero-order valence-corrected chi connectivity index (χ0v) is 18.9. The highest BCUT2D eigenvalue weighted by Crippen LogP contribution is 2.21. The lowest BCUT2D eigenvalue weighted by Crippen LogP contribution is -2.26. The third-order valence-corrected chi connectivity index (χ3v) is 6.05. The van der Waals surface area contributed by atoms with Crippen molar-refractivity contribution in [3.05, 3.63) is 94.3 Å². The number of hydrogen-bond donors (Lipinski definition) is 1. The molecule has 0 spiro atoms. The summed E-state index contributed by atoms with van der Waals surface area (Å²) < 4.78 is 7.63. The minimum atomic E-state index is -0.264. The average Bonchev–Trinajstić information content (AvgIpc) is 2.84. The molecule has 0 bridgehead atoms. The van der Waals surface area contributed by atoms with Gasteiger partial charge in [-0.2, -0.15) is 0 Å². The standard InChI is InChI=1S/C27H26N4O3/c32-26(29-21-8-5-9-22(16-21)34-18-19-7-6-13-28-17-19)20-11-12-23-24(15-20)30-25-10-3-1-2-4-14-31(25)27(23)33/h5-9,11-13,15-17H,1-4,10,14,18H2,(H,29,32). The van der Waals surface area contributed by atoms with E-state index >= 15 is 0 Å². The van der Waals surface area contributed by atoms with Gasteiger partial charge < -0.3 is 10.1 Å². The molecule has 34 heavy (non-hydrogen) atoms. The zero-order valence-electron chi connectivity index (χ0n) is 18.9. The van der Waals surface area contributed by atoms with Gasteiger partial charge >= 0.3 is 0 Å². The van der Waals surface area contributed by atoms with Crippen LogP contribution < -0.4 is 15.6 Å². The number of pyridine rings is 1. The Morgan fingerprint density at radius 2 is 1.94 bits per heavy atom. The van der Waals surface area contributed by atoms with Crippen LogP contribution in [0.5, 0.6) is 5.75 Å². The molecule has 0 aliphatic carbocycles. The second-order valence-electron chi connectivity index (χ2n) is 8.51. The van der Waals surface area contributed by atoms with Crippen molar-refractivity contribution in [3.8, 4) is 5.75 Å². The van der Waals surface area contributed by atoms with Crippen molar-refractivity contribution in [1.29, 1.82) is 0 Å². The predicted molar refractivity (Wildman–Crippen MR) is 131 cm³/mol. The molecule has 5 rings (SSSR count). The van der Waals surface area contributed by atoms with E-state index in [1.54, 1.807) is 41.2 Å². The third-order valence-electron chi connectivity index (χ3n) is 6.05. The molecule has 0 saturated carbocycles. The van der Waals surface area contributed by atoms with E-state index in [-0.39, 0.29) is 11.5 Å². The van der Waals surface area contributed by atoms with Crippen LogP contribution in [0.3, 0.4) is 0 Å². The summed E-state index contributed by atoms with van der Waals surface area (Å²) in [5.41, 5.74) is 2.59. The maximum Gasteiger partial charge on any atom is 0.261 e. The molecule has 3 heterocycles. The monoisotopic (exact) mass is 454 g/mol. The molecule has 0 fully saturated rings. The zero-order chi connectivity index (χ0) is 23.3. The topological polar surface area (TPSA) is 86.1 Å². The van der Waals surface area contributed by atoms with Crippen molar-refractivity contribution in [2.24, 2.45) is 0 Å². The molecule has 0 unspecified atom stereocenters. The first kappa shape index (κ1) is 21.8. The van der Waals surface area contributed by atoms with E-state index in [0.717, 1.165) is 43.5 Å². The number of anilines is 1. The quantitative estimate of drug-likeness (QED) is 0.471. The fourth-order valence-corrected chi connectivity index (χ4v) is 4.25. The molecule has 1 N–H and O–H groups in total. The molecule has 0 atom stereocenters. The number of amides is 1. The minimum Gasteiger partial charge on any atom is -0.489 e. The summed E-state index contributed by atoms with van der Waals surface area (Å²) in [6.45, 7) is 1.10. The highest BCUT2D eigenvalue weighted by molar-refractivity contribution is 6.06. The van der Waals surface area contributed by atoms with Crippen LogP contribution in [0.15, 0.2) is 71.8 Å². The Morgan fingerprint density at radius 3 is 2.82 bits per heavy atom. The van der Waals surface area contributed by atoms with Crippen LogP contribution in [0.1, 0.15) is 47.4 Å². The molecular weight excluding hydrogens is 428 g/mol. The Balaban J connectivity index is 1.34. The van der Waals surface area contributed by atoms with Crippen molar-refractivity contribution in [1.82, 2.24) is 14.5 Å². The van der Waals surface area contributed by atoms with Crippen molar-refractivity contribution < 1.29 is 9.53 Å². The molecular formula is C27H26N4O3. The van der Waals surface area contributed by atoms with Crippen LogP contribution in [0.4, 0.5) is 5.69 Å². The maximum absolute atomic E-state index is 13.0. The summed E-state index contributed by atoms with van der Waals surface area (Å²) in [4.78, 5) is 34.8. The van der Waals surface area contributed by atoms with Gasteiger partial charge in [-0.3, -0.25) is 19.1 Å². The Bertz CT molecular complexity index is 1380. The van der Waals surface area contributed by atoms with Gasteiger partial charge in [-0.05, 0) is 49.2 Å². The first-order valence-corrected chi connectivity index (χ1v) is 11.6. The number of fused-ring (bicyclic) bond motifs is 2. The maximum atomic E-state index is 13.0. The molecule has 2 aromatic heterocycles. The van der Waals surface area contributed by atoms with Crippen LogP contribution in [0.2, 0.25) is 0 Å². The van der Waals surface area contributed by atoms with E-state index in [9.17, 15) is 9.59 Å². The van der Waals surface area contributed by atoms with Crippen molar-refractivity contribution in [3.63, 3.8) is 0 Å². The van der Waals surface area contributed by atoms with E-state index in [1.165, 1.54) is 0 Å². The normalized spacial score (nSPS) is 13.5. The number of rotatable bonds is 5. The van der Waals surface area contributed by atoms with E-state index < -0.39 is 0 Å². The van der Waals surface area contributed by atoms with Crippen LogP contribution in [-0.4, -0.2) is 20.4 Å². The van der Waals surface area contributed by atoms with Gasteiger partial charge in [0.25, 0.3) is 11.5 Å². The summed E-state index contributed by atoms with van der Waals surface area (Å²) in [5.74, 6) is 1.20. The lowest BCUT2D eigenvalue weighted by molar-refractivity contribution is 0.102. The molecule has 1 amide bonds. The first-order valence-electron chi connectivity index (χ1n) is 11.6. The molecule has 1 aliphatic rings. The molecule has 172 valence electrons. The number of aromatic nitrogens is 3. The van der Waals surface area contributed by atoms with Gasteiger partial charge in [-0.25, -0.2) is 4.98 Å². The van der Waals surface area contributed by atoms with Gasteiger partial charge in [-0.1, -0.05) is 25.0 Å². The number of nitrogens with zero attached hydrogens (tertiary/aromatic N) is 3. The lowest BCUT2D eigenvalue weighted by atomic mass is 10.1. The fraction of sp³-hybridized carbons (Fsp3) is 0.259. The van der Waals surface area contributed by atoms with E-state index in [2.05, 4.69) is 10.3 Å². The lowest BCUT2D eigenvalue weighted by Gasteiger charge is -2.16. The smallest absolute Gasteiger partial charge is 0.261 e. The SMILES string of the molecule is O=C(Nc1cccc(OCc2cccnc2)c1)c1ccc2c(=O)n3c(nc2c1)CCCCCC3. The number of hydrogen-bond acceptors (Lipinski definition) is 5. The highest BCUT2D eigenvalue weighted by atomic mass is 16.5. The molecule has 7 heteroatoms. The Hall–Kier alpha value is -4.00. The largest absolute Gasteiger partial charge is 0.489 e. The summed E-state index contributed by atoms with van der Waals surface area (Å²) in [6.07, 6.45) is 8.57. The van der Waals surface area contributed by atoms with Crippen LogP contribution >= 0.6 is 0 Å². The third kappa shape index (κ3) is 4.83. The van der Waals surface area contributed by atoms with Crippen LogP contribution in [-0.2, 0) is 19.6 Å². The second-order valence-corrected chi connectivity index (χ2v) is 8.51. The van der Waals surface area contributed by atoms with Crippen molar-refractivity contribution in [2.75, 3.05) is 5.32 Å². The number of carbonyl (C=O) groups is 1. The molecule has 2 aromatic carbocycles. The number of nitrogens with one attached hydrogen (secondary N) is 1. The van der Waals surface area contributed by atoms with Crippen molar-refractivity contribution in [2.45, 2.75) is 45.3 Å². The molecule has 0 saturated heterocycles. The molecule has 1 aliphatic heterocycles. The number of ether oxygens (including phenoxy) is 1. The summed E-state index contributed by atoms with van der Waals surface area (Å²) >= 11 is 0. The van der Waals surface area contributed by atoms with Gasteiger partial charge in [0.05, 0.1) is 10.9 Å². The number of carbonyl (C=O) groups excluding carboxylic acids is 1. The molecule has 7 nitrogen and oxygen atoms in total. The van der Waals surface area contributed by atoms with E-state index in [0.29, 0.717) is 41.1 Å². The van der Waals surface area contributed by atoms with E-state index in [4.69, 9.17) is 9.72 Å². The highest BCUT2D eigenvalue weighted by Gasteiger charge is 2.15. The van der Waals surface area contributed by atoms with Crippen molar-refractivity contribution >= 4 is 22.5 Å². The van der Waals surface area contributed by atoms with Gasteiger partial charge in [0.15, 0.2) is 0 Å². The molecule has 4 aromatic rings. The Labute approximate surface area is 197 Å². The Morgan fingerprint density at radius 1 is 1.03 bits per heavy atom. The van der Waals surface area contributed by atoms with E-state index in [1.807, 2.05) is 30.3 Å². The summed E-state index contributed by atoms with van der Waals surface area (Å²) in [5, 5.41) is 3.46. The van der Waals surface area contributed by atoms with Gasteiger partial charge in [0, 0.05) is 48.2 Å². The van der Waals surface area contributed by atoms with Gasteiger partial charge in [-0.15, -0.1) is 0 Å². The number of aryl methyl sites for hydroxylation is 1. The van der Waals surface area contributed by atoms with Crippen LogP contribution in [0.25, 0.3) is 10.9 Å². The van der Waals surface area contributed by atoms with Crippen LogP contribution in [0, 0.1) is 0 Å². The summed E-state index contributed by atoms with van der Waals surface area (Å²) in [7, 11) is 0. The number of benzene rings is 2. The molecule has 0 radical (unpaired) electrons. The first-order chi connectivity index (χ1) is 16.7. The second kappa shape index (κ2) is 9.87. The minimum absolute atomic E-state index is 0.0210. The van der Waals surface area contributed by atoms with Gasteiger partial charge in [0.1, 0.15) is 18.2 Å². The fourth-order valence-electron chi connectivity index (χ4n) is 4.25. The summed E-state index contributed by atoms with van der Waals surface area (Å²) in [6, 6.07) is 16.2. The van der Waals surface area contributed by atoms with Gasteiger partial charge in [0.2, 0.25) is 0 Å².